The number of halogens is 1. The molecule has 0 spiro atoms. The van der Waals surface area contributed by atoms with Crippen LogP contribution in [0.2, 0.25) is 0 Å². The van der Waals surface area contributed by atoms with Gasteiger partial charge in [0.25, 0.3) is 0 Å². The summed E-state index contributed by atoms with van der Waals surface area (Å²) in [6, 6.07) is 8.90. The Bertz CT molecular complexity index is 256. The van der Waals surface area contributed by atoms with E-state index in [0.29, 0.717) is 5.92 Å². The predicted octanol–water partition coefficient (Wildman–Crippen LogP) is 4.23. The van der Waals surface area contributed by atoms with Gasteiger partial charge < -0.3 is 0 Å². The van der Waals surface area contributed by atoms with Crippen LogP contribution in [-0.4, -0.2) is 17.3 Å². The molecule has 1 atom stereocenters. The van der Waals surface area contributed by atoms with Crippen molar-refractivity contribution in [1.29, 1.82) is 0 Å². The summed E-state index contributed by atoms with van der Waals surface area (Å²) < 4.78 is 0. The van der Waals surface area contributed by atoms with Crippen molar-refractivity contribution in [2.24, 2.45) is 0 Å². The number of benzene rings is 1. The minimum atomic E-state index is 0.669. The van der Waals surface area contributed by atoms with E-state index in [0.717, 1.165) is 5.33 Å². The number of rotatable bonds is 5. The molecule has 1 unspecified atom stereocenters. The SMILES string of the molecule is CSCCC(CBr)c1ccc(C)cc1. The van der Waals surface area contributed by atoms with Gasteiger partial charge in [0.15, 0.2) is 0 Å². The highest BCUT2D eigenvalue weighted by Gasteiger charge is 2.08. The van der Waals surface area contributed by atoms with Gasteiger partial charge >= 0.3 is 0 Å². The van der Waals surface area contributed by atoms with Gasteiger partial charge in [-0.1, -0.05) is 45.8 Å². The summed E-state index contributed by atoms with van der Waals surface area (Å²) in [7, 11) is 0. The first-order valence-electron chi connectivity index (χ1n) is 4.89. The highest BCUT2D eigenvalue weighted by Crippen LogP contribution is 2.23. The Morgan fingerprint density at radius 2 is 1.93 bits per heavy atom. The van der Waals surface area contributed by atoms with E-state index < -0.39 is 0 Å². The summed E-state index contributed by atoms with van der Waals surface area (Å²) in [6.45, 7) is 2.13. The molecule has 14 heavy (non-hydrogen) atoms. The van der Waals surface area contributed by atoms with Crippen LogP contribution in [0.25, 0.3) is 0 Å². The number of thioether (sulfide) groups is 1. The van der Waals surface area contributed by atoms with Gasteiger partial charge in [-0.2, -0.15) is 11.8 Å². The zero-order valence-electron chi connectivity index (χ0n) is 8.79. The van der Waals surface area contributed by atoms with E-state index in [1.807, 2.05) is 11.8 Å². The van der Waals surface area contributed by atoms with Crippen LogP contribution in [0.1, 0.15) is 23.5 Å². The summed E-state index contributed by atoms with van der Waals surface area (Å²) in [6.07, 6.45) is 3.43. The molecule has 2 heteroatoms. The Hall–Kier alpha value is 0.0500. The molecule has 0 aliphatic rings. The molecular weight excluding hydrogens is 256 g/mol. The average Bonchev–Trinajstić information content (AvgIpc) is 2.21. The molecule has 0 aliphatic heterocycles. The molecule has 0 aromatic heterocycles. The molecule has 0 radical (unpaired) electrons. The normalized spacial score (nSPS) is 12.8. The van der Waals surface area contributed by atoms with Crippen LogP contribution in [0.15, 0.2) is 24.3 Å². The fourth-order valence-electron chi connectivity index (χ4n) is 1.43. The molecule has 0 N–H and O–H groups in total. The summed E-state index contributed by atoms with van der Waals surface area (Å²) in [5, 5.41) is 1.07. The van der Waals surface area contributed by atoms with E-state index in [-0.39, 0.29) is 0 Å². The maximum absolute atomic E-state index is 3.59. The summed E-state index contributed by atoms with van der Waals surface area (Å²) in [5.74, 6) is 1.91. The Morgan fingerprint density at radius 3 is 2.43 bits per heavy atom. The number of alkyl halides is 1. The number of hydrogen-bond donors (Lipinski definition) is 0. The smallest absolute Gasteiger partial charge is 0.0100 e. The van der Waals surface area contributed by atoms with Crippen molar-refractivity contribution >= 4 is 27.7 Å². The van der Waals surface area contributed by atoms with Gasteiger partial charge in [-0.25, -0.2) is 0 Å². The Labute approximate surface area is 99.6 Å². The third kappa shape index (κ3) is 3.66. The molecule has 0 fully saturated rings. The van der Waals surface area contributed by atoms with E-state index in [2.05, 4.69) is 53.4 Å². The Balaban J connectivity index is 2.64. The van der Waals surface area contributed by atoms with Crippen LogP contribution < -0.4 is 0 Å². The molecule has 78 valence electrons. The third-order valence-electron chi connectivity index (χ3n) is 2.41. The van der Waals surface area contributed by atoms with Crippen LogP contribution in [0.4, 0.5) is 0 Å². The van der Waals surface area contributed by atoms with Crippen LogP contribution in [0.3, 0.4) is 0 Å². The fraction of sp³-hybridized carbons (Fsp3) is 0.500. The molecular formula is C12H17BrS. The van der Waals surface area contributed by atoms with Gasteiger partial charge in [-0.05, 0) is 36.8 Å². The predicted molar refractivity (Wildman–Crippen MR) is 70.7 cm³/mol. The largest absolute Gasteiger partial charge is 0.165 e. The van der Waals surface area contributed by atoms with Crippen LogP contribution in [-0.2, 0) is 0 Å². The molecule has 0 bridgehead atoms. The lowest BCUT2D eigenvalue weighted by atomic mass is 9.98. The van der Waals surface area contributed by atoms with Gasteiger partial charge in [0.2, 0.25) is 0 Å². The first-order chi connectivity index (χ1) is 6.77. The minimum absolute atomic E-state index is 0.669. The summed E-state index contributed by atoms with van der Waals surface area (Å²) >= 11 is 5.51. The van der Waals surface area contributed by atoms with E-state index in [1.54, 1.807) is 0 Å². The molecule has 0 saturated heterocycles. The molecule has 1 aromatic carbocycles. The van der Waals surface area contributed by atoms with Crippen molar-refractivity contribution in [3.63, 3.8) is 0 Å². The Morgan fingerprint density at radius 1 is 1.29 bits per heavy atom. The zero-order valence-corrected chi connectivity index (χ0v) is 11.2. The highest BCUT2D eigenvalue weighted by atomic mass is 79.9. The maximum atomic E-state index is 3.59. The second-order valence-electron chi connectivity index (χ2n) is 3.54. The zero-order chi connectivity index (χ0) is 10.4. The molecule has 0 heterocycles. The van der Waals surface area contributed by atoms with Crippen LogP contribution in [0.5, 0.6) is 0 Å². The first kappa shape index (κ1) is 12.1. The number of hydrogen-bond acceptors (Lipinski definition) is 1. The van der Waals surface area contributed by atoms with Gasteiger partial charge in [0.1, 0.15) is 0 Å². The first-order valence-corrected chi connectivity index (χ1v) is 7.41. The lowest BCUT2D eigenvalue weighted by Crippen LogP contribution is -2.01. The molecule has 0 nitrogen and oxygen atoms in total. The molecule has 0 saturated carbocycles. The molecule has 0 amide bonds. The monoisotopic (exact) mass is 272 g/mol. The van der Waals surface area contributed by atoms with E-state index in [9.17, 15) is 0 Å². The van der Waals surface area contributed by atoms with E-state index in [4.69, 9.17) is 0 Å². The number of aryl methyl sites for hydroxylation is 1. The van der Waals surface area contributed by atoms with Gasteiger partial charge in [0.05, 0.1) is 0 Å². The van der Waals surface area contributed by atoms with Crippen LogP contribution in [0, 0.1) is 6.92 Å². The summed E-state index contributed by atoms with van der Waals surface area (Å²) in [4.78, 5) is 0. The molecule has 1 rings (SSSR count). The topological polar surface area (TPSA) is 0 Å². The highest BCUT2D eigenvalue weighted by molar-refractivity contribution is 9.09. The van der Waals surface area contributed by atoms with Crippen molar-refractivity contribution in [3.05, 3.63) is 35.4 Å². The standard InChI is InChI=1S/C12H17BrS/c1-10-3-5-11(6-4-10)12(9-13)7-8-14-2/h3-6,12H,7-9H2,1-2H3. The quantitative estimate of drug-likeness (QED) is 0.723. The van der Waals surface area contributed by atoms with Gasteiger partial charge in [0, 0.05) is 5.33 Å². The van der Waals surface area contributed by atoms with Crippen molar-refractivity contribution in [3.8, 4) is 0 Å². The second-order valence-corrected chi connectivity index (χ2v) is 5.18. The summed E-state index contributed by atoms with van der Waals surface area (Å²) in [5.41, 5.74) is 2.80. The van der Waals surface area contributed by atoms with Gasteiger partial charge in [-0.3, -0.25) is 0 Å². The average molecular weight is 273 g/mol. The lowest BCUT2D eigenvalue weighted by molar-refractivity contribution is 0.757. The van der Waals surface area contributed by atoms with Crippen molar-refractivity contribution < 1.29 is 0 Å². The Kier molecular flexibility index (Phi) is 5.64. The van der Waals surface area contributed by atoms with Crippen LogP contribution >= 0.6 is 27.7 Å². The van der Waals surface area contributed by atoms with Crippen molar-refractivity contribution in [1.82, 2.24) is 0 Å². The van der Waals surface area contributed by atoms with E-state index >= 15 is 0 Å². The van der Waals surface area contributed by atoms with Crippen molar-refractivity contribution in [2.75, 3.05) is 17.3 Å². The van der Waals surface area contributed by atoms with Crippen molar-refractivity contribution in [2.45, 2.75) is 19.3 Å². The third-order valence-corrected chi connectivity index (χ3v) is 3.83. The van der Waals surface area contributed by atoms with E-state index in [1.165, 1.54) is 23.3 Å². The lowest BCUT2D eigenvalue weighted by Gasteiger charge is -2.13. The maximum Gasteiger partial charge on any atom is 0.0100 e. The molecule has 1 aromatic rings. The fourth-order valence-corrected chi connectivity index (χ4v) is 2.65. The minimum Gasteiger partial charge on any atom is -0.165 e. The van der Waals surface area contributed by atoms with Gasteiger partial charge in [-0.15, -0.1) is 0 Å². The second kappa shape index (κ2) is 6.52. The molecule has 0 aliphatic carbocycles.